The van der Waals surface area contributed by atoms with Crippen molar-refractivity contribution in [1.82, 2.24) is 10.3 Å². The molecule has 2 atom stereocenters. The summed E-state index contributed by atoms with van der Waals surface area (Å²) in [6.45, 7) is 2.01. The Hall–Kier alpha value is -3.72. The highest BCUT2D eigenvalue weighted by Gasteiger charge is 2.42. The molecule has 2 N–H and O–H groups in total. The molecule has 37 heavy (non-hydrogen) atoms. The number of carbonyl (C=O) groups is 1. The van der Waals surface area contributed by atoms with E-state index < -0.39 is 0 Å². The summed E-state index contributed by atoms with van der Waals surface area (Å²) in [4.78, 5) is 18.5. The zero-order valence-corrected chi connectivity index (χ0v) is 21.8. The van der Waals surface area contributed by atoms with Gasteiger partial charge in [-0.15, -0.1) is 0 Å². The van der Waals surface area contributed by atoms with Gasteiger partial charge in [0.25, 0.3) is 0 Å². The second-order valence-electron chi connectivity index (χ2n) is 8.69. The summed E-state index contributed by atoms with van der Waals surface area (Å²) in [6, 6.07) is 22.4. The number of aryl methyl sites for hydroxylation is 1. The Bertz CT molecular complexity index is 1430. The van der Waals surface area contributed by atoms with Crippen molar-refractivity contribution in [3.05, 3.63) is 101 Å². The molecule has 5 rings (SSSR count). The Balaban J connectivity index is 1.52. The van der Waals surface area contributed by atoms with Gasteiger partial charge in [-0.3, -0.25) is 9.78 Å². The van der Waals surface area contributed by atoms with E-state index >= 15 is 0 Å². The number of hydrogen-bond acceptors (Lipinski definition) is 5. The minimum Gasteiger partial charge on any atom is -0.459 e. The molecular weight excluding hydrogens is 508 g/mol. The molecule has 0 spiro atoms. The largest absolute Gasteiger partial charge is 0.459 e. The molecular formula is C28H25ClN4O3S. The van der Waals surface area contributed by atoms with Gasteiger partial charge >= 0.3 is 0 Å². The van der Waals surface area contributed by atoms with E-state index in [2.05, 4.69) is 15.6 Å². The lowest BCUT2D eigenvalue weighted by molar-refractivity contribution is -0.119. The number of ether oxygens (including phenoxy) is 1. The fourth-order valence-corrected chi connectivity index (χ4v) is 4.99. The summed E-state index contributed by atoms with van der Waals surface area (Å²) >= 11 is 12.1. The molecule has 9 heteroatoms. The van der Waals surface area contributed by atoms with E-state index in [0.29, 0.717) is 15.8 Å². The van der Waals surface area contributed by atoms with Crippen LogP contribution in [0.5, 0.6) is 0 Å². The lowest BCUT2D eigenvalue weighted by Gasteiger charge is -2.26. The number of anilines is 2. The van der Waals surface area contributed by atoms with E-state index in [1.165, 1.54) is 7.11 Å². The number of nitrogens with zero attached hydrogens (tertiary/aromatic N) is 2. The lowest BCUT2D eigenvalue weighted by Crippen LogP contribution is -2.29. The summed E-state index contributed by atoms with van der Waals surface area (Å²) in [5.74, 6) is 1.24. The fraction of sp³-hybridized carbons (Fsp3) is 0.179. The molecule has 188 valence electrons. The van der Waals surface area contributed by atoms with Gasteiger partial charge in [0.2, 0.25) is 5.91 Å². The summed E-state index contributed by atoms with van der Waals surface area (Å²) in [6.07, 6.45) is 1.76. The highest BCUT2D eigenvalue weighted by molar-refractivity contribution is 7.80. The van der Waals surface area contributed by atoms with Crippen LogP contribution in [-0.4, -0.2) is 29.7 Å². The quantitative estimate of drug-likeness (QED) is 0.280. The molecule has 4 aromatic rings. The molecule has 2 aromatic heterocycles. The summed E-state index contributed by atoms with van der Waals surface area (Å²) in [7, 11) is 1.48. The first-order valence-electron chi connectivity index (χ1n) is 11.7. The number of halogens is 1. The van der Waals surface area contributed by atoms with Crippen LogP contribution >= 0.6 is 23.8 Å². The van der Waals surface area contributed by atoms with Gasteiger partial charge in [0.1, 0.15) is 24.2 Å². The van der Waals surface area contributed by atoms with Gasteiger partial charge in [-0.2, -0.15) is 0 Å². The zero-order valence-electron chi connectivity index (χ0n) is 20.3. The molecule has 1 saturated heterocycles. The fourth-order valence-electron chi connectivity index (χ4n) is 4.47. The highest BCUT2D eigenvalue weighted by atomic mass is 35.5. The van der Waals surface area contributed by atoms with Crippen LogP contribution in [0, 0.1) is 6.92 Å². The van der Waals surface area contributed by atoms with Crippen molar-refractivity contribution in [3.8, 4) is 11.3 Å². The van der Waals surface area contributed by atoms with E-state index in [1.54, 1.807) is 6.20 Å². The maximum atomic E-state index is 11.9. The van der Waals surface area contributed by atoms with Gasteiger partial charge in [0.05, 0.1) is 11.7 Å². The third-order valence-corrected chi connectivity index (χ3v) is 6.74. The van der Waals surface area contributed by atoms with Gasteiger partial charge in [-0.1, -0.05) is 23.7 Å². The number of rotatable bonds is 7. The van der Waals surface area contributed by atoms with Gasteiger partial charge in [0.15, 0.2) is 5.11 Å². The third kappa shape index (κ3) is 5.22. The van der Waals surface area contributed by atoms with Crippen molar-refractivity contribution in [2.45, 2.75) is 19.0 Å². The van der Waals surface area contributed by atoms with Gasteiger partial charge in [-0.25, -0.2) is 0 Å². The number of amides is 1. The summed E-state index contributed by atoms with van der Waals surface area (Å²) < 4.78 is 11.3. The number of hydrogen-bond donors (Lipinski definition) is 2. The van der Waals surface area contributed by atoms with Crippen LogP contribution in [0.25, 0.3) is 11.3 Å². The first-order chi connectivity index (χ1) is 17.9. The molecule has 1 amide bonds. The van der Waals surface area contributed by atoms with Crippen molar-refractivity contribution in [2.24, 2.45) is 0 Å². The van der Waals surface area contributed by atoms with E-state index in [4.69, 9.17) is 33.0 Å². The zero-order chi connectivity index (χ0) is 25.9. The normalized spacial score (nSPS) is 17.1. The maximum absolute atomic E-state index is 11.9. The Morgan fingerprint density at radius 1 is 1.16 bits per heavy atom. The van der Waals surface area contributed by atoms with Crippen LogP contribution < -0.4 is 15.5 Å². The minimum absolute atomic E-state index is 0.0113. The molecule has 2 aromatic carbocycles. The number of methoxy groups -OCH3 is 1. The molecule has 0 aliphatic carbocycles. The molecule has 1 fully saturated rings. The molecule has 0 saturated carbocycles. The number of pyridine rings is 1. The van der Waals surface area contributed by atoms with Crippen LogP contribution in [0.4, 0.5) is 11.4 Å². The average Bonchev–Trinajstić information content (AvgIpc) is 3.51. The highest BCUT2D eigenvalue weighted by Crippen LogP contribution is 2.43. The van der Waals surface area contributed by atoms with E-state index in [0.717, 1.165) is 34.0 Å². The van der Waals surface area contributed by atoms with E-state index in [-0.39, 0.29) is 24.6 Å². The van der Waals surface area contributed by atoms with Crippen LogP contribution in [0.3, 0.4) is 0 Å². The topological polar surface area (TPSA) is 79.6 Å². The summed E-state index contributed by atoms with van der Waals surface area (Å²) in [5.41, 5.74) is 4.36. The van der Waals surface area contributed by atoms with E-state index in [1.807, 2.05) is 84.6 Å². The molecule has 1 aliphatic heterocycles. The third-order valence-electron chi connectivity index (χ3n) is 6.19. The first-order valence-corrected chi connectivity index (χ1v) is 12.5. The second kappa shape index (κ2) is 10.7. The number of benzene rings is 2. The SMILES string of the molecule is COCC(=O)Nc1ccc(N2C(=S)N[C@H](c3ccccn3)[C@H]2c2ccc(-c3cc(Cl)ccc3C)o2)cc1. The Labute approximate surface area is 225 Å². The molecule has 1 aliphatic rings. The molecule has 3 heterocycles. The monoisotopic (exact) mass is 532 g/mol. The van der Waals surface area contributed by atoms with Crippen LogP contribution in [0.1, 0.15) is 29.1 Å². The Kier molecular flexibility index (Phi) is 7.23. The number of furan rings is 1. The Morgan fingerprint density at radius 2 is 1.97 bits per heavy atom. The molecule has 0 radical (unpaired) electrons. The predicted octanol–water partition coefficient (Wildman–Crippen LogP) is 6.07. The van der Waals surface area contributed by atoms with Gasteiger partial charge < -0.3 is 24.7 Å². The van der Waals surface area contributed by atoms with Crippen molar-refractivity contribution in [1.29, 1.82) is 0 Å². The first kappa shape index (κ1) is 25.0. The number of nitrogens with one attached hydrogen (secondary N) is 2. The van der Waals surface area contributed by atoms with Crippen molar-refractivity contribution >= 4 is 46.2 Å². The molecule has 0 unspecified atom stereocenters. The van der Waals surface area contributed by atoms with Crippen molar-refractivity contribution in [3.63, 3.8) is 0 Å². The second-order valence-corrected chi connectivity index (χ2v) is 9.51. The molecule has 0 bridgehead atoms. The van der Waals surface area contributed by atoms with E-state index in [9.17, 15) is 4.79 Å². The standard InChI is InChI=1S/C28H25ClN4O3S/c1-17-6-7-18(29)15-21(17)23-12-13-24(36-23)27-26(22-5-3-4-14-30-22)32-28(37)33(27)20-10-8-19(9-11-20)31-25(34)16-35-2/h3-15,26-27H,16H2,1-2H3,(H,31,34)(H,32,37)/t26-,27-/m1/s1. The predicted molar refractivity (Wildman–Crippen MR) is 149 cm³/mol. The van der Waals surface area contributed by atoms with Gasteiger partial charge in [-0.05, 0) is 85.4 Å². The lowest BCUT2D eigenvalue weighted by atomic mass is 10.0. The van der Waals surface area contributed by atoms with Crippen LogP contribution in [-0.2, 0) is 9.53 Å². The van der Waals surface area contributed by atoms with Gasteiger partial charge in [0, 0.05) is 35.3 Å². The number of carbonyl (C=O) groups excluding carboxylic acids is 1. The smallest absolute Gasteiger partial charge is 0.250 e. The van der Waals surface area contributed by atoms with Crippen LogP contribution in [0.2, 0.25) is 5.02 Å². The number of aromatic nitrogens is 1. The number of thiocarbonyl (C=S) groups is 1. The van der Waals surface area contributed by atoms with Crippen molar-refractivity contribution in [2.75, 3.05) is 23.9 Å². The average molecular weight is 533 g/mol. The Morgan fingerprint density at radius 3 is 2.70 bits per heavy atom. The maximum Gasteiger partial charge on any atom is 0.250 e. The van der Waals surface area contributed by atoms with Crippen LogP contribution in [0.15, 0.2) is 83.4 Å². The van der Waals surface area contributed by atoms with Crippen molar-refractivity contribution < 1.29 is 13.9 Å². The minimum atomic E-state index is -0.301. The molecule has 7 nitrogen and oxygen atoms in total. The summed E-state index contributed by atoms with van der Waals surface area (Å²) in [5, 5.41) is 7.43.